The molecular weight excluding hydrogens is 438 g/mol. The topological polar surface area (TPSA) is 103 Å². The third-order valence-corrected chi connectivity index (χ3v) is 6.69. The number of anilines is 2. The standard InChI is InChI=1S/C27H27N7O/c1-2-25(35)30-19-11-17(14-28-16-19)18-12-21-26(32-33-27(21)29-15-18)23-13-20-22(31-23)7-6-8-24(20)34-9-4-3-5-10-34/h6-8,11-16,31H,2-5,9-10H2,1H3,(H,30,35)(H,29,32,33). The summed E-state index contributed by atoms with van der Waals surface area (Å²) in [7, 11) is 0. The predicted molar refractivity (Wildman–Crippen MR) is 139 cm³/mol. The number of nitrogens with one attached hydrogen (secondary N) is 3. The number of pyridine rings is 2. The Morgan fingerprint density at radius 2 is 1.89 bits per heavy atom. The summed E-state index contributed by atoms with van der Waals surface area (Å²) < 4.78 is 0. The fraction of sp³-hybridized carbons (Fsp3) is 0.259. The maximum absolute atomic E-state index is 11.8. The van der Waals surface area contributed by atoms with Crippen LogP contribution in [0.1, 0.15) is 32.6 Å². The van der Waals surface area contributed by atoms with Crippen molar-refractivity contribution in [3.05, 3.63) is 55.0 Å². The van der Waals surface area contributed by atoms with Gasteiger partial charge >= 0.3 is 0 Å². The molecule has 5 heterocycles. The maximum atomic E-state index is 11.8. The molecule has 0 spiro atoms. The normalized spacial score (nSPS) is 14.0. The van der Waals surface area contributed by atoms with Crippen molar-refractivity contribution in [2.24, 2.45) is 0 Å². The third-order valence-electron chi connectivity index (χ3n) is 6.69. The van der Waals surface area contributed by atoms with Crippen LogP contribution in [0, 0.1) is 0 Å². The van der Waals surface area contributed by atoms with Crippen LogP contribution in [-0.4, -0.2) is 44.1 Å². The molecule has 0 aliphatic carbocycles. The van der Waals surface area contributed by atoms with Crippen molar-refractivity contribution in [2.45, 2.75) is 32.6 Å². The summed E-state index contributed by atoms with van der Waals surface area (Å²) in [6.45, 7) is 4.03. The number of fused-ring (bicyclic) bond motifs is 2. The molecule has 0 atom stereocenters. The summed E-state index contributed by atoms with van der Waals surface area (Å²) in [4.78, 5) is 26.8. The summed E-state index contributed by atoms with van der Waals surface area (Å²) in [5, 5.41) is 12.7. The number of carbonyl (C=O) groups excluding carboxylic acids is 1. The quantitative estimate of drug-likeness (QED) is 0.318. The number of H-pyrrole nitrogens is 2. The Kier molecular flexibility index (Phi) is 5.41. The fourth-order valence-electron chi connectivity index (χ4n) is 4.86. The molecule has 1 aliphatic rings. The number of nitrogens with zero attached hydrogens (tertiary/aromatic N) is 4. The zero-order valence-corrected chi connectivity index (χ0v) is 19.6. The number of carbonyl (C=O) groups is 1. The lowest BCUT2D eigenvalue weighted by Gasteiger charge is -2.29. The first-order chi connectivity index (χ1) is 17.2. The highest BCUT2D eigenvalue weighted by atomic mass is 16.1. The molecule has 3 N–H and O–H groups in total. The van der Waals surface area contributed by atoms with Gasteiger partial charge in [-0.1, -0.05) is 13.0 Å². The zero-order valence-electron chi connectivity index (χ0n) is 19.6. The van der Waals surface area contributed by atoms with Gasteiger partial charge in [0, 0.05) is 65.0 Å². The van der Waals surface area contributed by atoms with Gasteiger partial charge in [-0.05, 0) is 49.6 Å². The van der Waals surface area contributed by atoms with Gasteiger partial charge in [-0.3, -0.25) is 14.9 Å². The summed E-state index contributed by atoms with van der Waals surface area (Å²) in [6.07, 6.45) is 9.43. The molecule has 0 radical (unpaired) electrons. The average molecular weight is 466 g/mol. The SMILES string of the molecule is CCC(=O)Nc1cncc(-c2cnc3[nH]nc(-c4cc5c(N6CCCCC6)cccc5[nH]4)c3c2)c1. The van der Waals surface area contributed by atoms with Crippen LogP contribution >= 0.6 is 0 Å². The third kappa shape index (κ3) is 4.01. The van der Waals surface area contributed by atoms with Crippen LogP contribution in [0.5, 0.6) is 0 Å². The van der Waals surface area contributed by atoms with Crippen molar-refractivity contribution >= 4 is 39.2 Å². The Morgan fingerprint density at radius 3 is 2.74 bits per heavy atom. The van der Waals surface area contributed by atoms with E-state index >= 15 is 0 Å². The van der Waals surface area contributed by atoms with Gasteiger partial charge in [0.15, 0.2) is 5.65 Å². The molecule has 1 amide bonds. The van der Waals surface area contributed by atoms with E-state index in [-0.39, 0.29) is 5.91 Å². The highest BCUT2D eigenvalue weighted by Crippen LogP contribution is 2.35. The molecule has 8 heteroatoms. The molecule has 1 fully saturated rings. The number of rotatable bonds is 5. The molecule has 4 aromatic heterocycles. The lowest BCUT2D eigenvalue weighted by atomic mass is 10.1. The van der Waals surface area contributed by atoms with E-state index in [9.17, 15) is 4.79 Å². The maximum Gasteiger partial charge on any atom is 0.224 e. The smallest absolute Gasteiger partial charge is 0.224 e. The van der Waals surface area contributed by atoms with Gasteiger partial charge in [0.2, 0.25) is 5.91 Å². The number of aromatic nitrogens is 5. The number of benzene rings is 1. The van der Waals surface area contributed by atoms with E-state index < -0.39 is 0 Å². The first-order valence-corrected chi connectivity index (χ1v) is 12.2. The lowest BCUT2D eigenvalue weighted by Crippen LogP contribution is -2.29. The molecule has 0 unspecified atom stereocenters. The van der Waals surface area contributed by atoms with Gasteiger partial charge in [0.05, 0.1) is 17.6 Å². The van der Waals surface area contributed by atoms with Crippen LogP contribution in [0.15, 0.2) is 55.0 Å². The predicted octanol–water partition coefficient (Wildman–Crippen LogP) is 5.51. The molecular formula is C27H27N7O. The number of hydrogen-bond donors (Lipinski definition) is 3. The Hall–Kier alpha value is -4.20. The minimum atomic E-state index is -0.0441. The summed E-state index contributed by atoms with van der Waals surface area (Å²) in [5.74, 6) is -0.0441. The van der Waals surface area contributed by atoms with Crippen molar-refractivity contribution in [2.75, 3.05) is 23.3 Å². The Balaban J connectivity index is 1.39. The molecule has 1 aromatic carbocycles. The molecule has 0 bridgehead atoms. The largest absolute Gasteiger partial charge is 0.371 e. The molecule has 1 saturated heterocycles. The first-order valence-electron chi connectivity index (χ1n) is 12.2. The van der Waals surface area contributed by atoms with E-state index in [1.54, 1.807) is 18.6 Å². The molecule has 176 valence electrons. The average Bonchev–Trinajstić information content (AvgIpc) is 3.53. The lowest BCUT2D eigenvalue weighted by molar-refractivity contribution is -0.115. The van der Waals surface area contributed by atoms with Crippen LogP contribution in [0.4, 0.5) is 11.4 Å². The summed E-state index contributed by atoms with van der Waals surface area (Å²) in [6, 6.07) is 12.6. The molecule has 5 aromatic rings. The van der Waals surface area contributed by atoms with E-state index in [4.69, 9.17) is 0 Å². The second-order valence-electron chi connectivity index (χ2n) is 9.03. The van der Waals surface area contributed by atoms with Gasteiger partial charge in [-0.2, -0.15) is 5.10 Å². The molecule has 6 rings (SSSR count). The number of piperidine rings is 1. The first kappa shape index (κ1) is 21.3. The summed E-state index contributed by atoms with van der Waals surface area (Å²) >= 11 is 0. The van der Waals surface area contributed by atoms with Crippen molar-refractivity contribution in [1.82, 2.24) is 25.1 Å². The van der Waals surface area contributed by atoms with Crippen molar-refractivity contribution in [3.63, 3.8) is 0 Å². The van der Waals surface area contributed by atoms with Gasteiger partial charge in [0.25, 0.3) is 0 Å². The van der Waals surface area contributed by atoms with E-state index in [0.717, 1.165) is 52.2 Å². The molecule has 1 aliphatic heterocycles. The Labute approximate surface area is 202 Å². The minimum absolute atomic E-state index is 0.0441. The molecule has 35 heavy (non-hydrogen) atoms. The van der Waals surface area contributed by atoms with E-state index in [1.807, 2.05) is 13.0 Å². The highest BCUT2D eigenvalue weighted by molar-refractivity contribution is 6.00. The van der Waals surface area contributed by atoms with Gasteiger partial charge in [-0.15, -0.1) is 0 Å². The van der Waals surface area contributed by atoms with Crippen LogP contribution in [-0.2, 0) is 4.79 Å². The van der Waals surface area contributed by atoms with Crippen LogP contribution in [0.25, 0.3) is 44.5 Å². The van der Waals surface area contributed by atoms with Crippen LogP contribution < -0.4 is 10.2 Å². The van der Waals surface area contributed by atoms with E-state index in [0.29, 0.717) is 12.1 Å². The van der Waals surface area contributed by atoms with Gasteiger partial charge < -0.3 is 15.2 Å². The van der Waals surface area contributed by atoms with Gasteiger partial charge in [-0.25, -0.2) is 4.98 Å². The van der Waals surface area contributed by atoms with Gasteiger partial charge in [0.1, 0.15) is 5.69 Å². The van der Waals surface area contributed by atoms with Crippen LogP contribution in [0.3, 0.4) is 0 Å². The van der Waals surface area contributed by atoms with Crippen molar-refractivity contribution in [3.8, 4) is 22.5 Å². The summed E-state index contributed by atoms with van der Waals surface area (Å²) in [5.41, 5.74) is 7.35. The zero-order chi connectivity index (χ0) is 23.8. The number of aromatic amines is 2. The van der Waals surface area contributed by atoms with E-state index in [2.05, 4.69) is 65.7 Å². The number of amides is 1. The second kappa shape index (κ2) is 8.87. The Bertz CT molecular complexity index is 1530. The number of hydrogen-bond acceptors (Lipinski definition) is 5. The molecule has 0 saturated carbocycles. The molecule has 8 nitrogen and oxygen atoms in total. The fourth-order valence-corrected chi connectivity index (χ4v) is 4.86. The monoisotopic (exact) mass is 465 g/mol. The minimum Gasteiger partial charge on any atom is -0.371 e. The van der Waals surface area contributed by atoms with Crippen molar-refractivity contribution in [1.29, 1.82) is 0 Å². The second-order valence-corrected chi connectivity index (χ2v) is 9.03. The van der Waals surface area contributed by atoms with Crippen molar-refractivity contribution < 1.29 is 4.79 Å². The Morgan fingerprint density at radius 1 is 1.03 bits per heavy atom. The highest BCUT2D eigenvalue weighted by Gasteiger charge is 2.18. The van der Waals surface area contributed by atoms with Crippen LogP contribution in [0.2, 0.25) is 0 Å². The van der Waals surface area contributed by atoms with E-state index in [1.165, 1.54) is 30.3 Å².